The van der Waals surface area contributed by atoms with Gasteiger partial charge in [-0.3, -0.25) is 5.26 Å². The Bertz CT molecular complexity index is 203. The molecule has 0 aliphatic carbocycles. The molecule has 58 valence electrons. The van der Waals surface area contributed by atoms with Gasteiger partial charge in [0, 0.05) is 0 Å². The van der Waals surface area contributed by atoms with Crippen LogP contribution in [0.25, 0.3) is 0 Å². The molecule has 1 aromatic carbocycles. The van der Waals surface area contributed by atoms with Gasteiger partial charge in [-0.1, -0.05) is 18.2 Å². The fraction of sp³-hybridized carbons (Fsp3) is 0. The molecule has 0 atom stereocenters. The summed E-state index contributed by atoms with van der Waals surface area (Å²) in [7, 11) is -1.63. The molecule has 0 aromatic heterocycles. The standard InChI is InChI=1S/C6H7BO4/c8-7(11-9)10-6-4-2-1-3-5-6/h1-5,8-9H. The highest BCUT2D eigenvalue weighted by Crippen LogP contribution is 2.08. The van der Waals surface area contributed by atoms with E-state index in [2.05, 4.69) is 9.46 Å². The van der Waals surface area contributed by atoms with E-state index in [9.17, 15) is 0 Å². The first kappa shape index (κ1) is 8.07. The van der Waals surface area contributed by atoms with E-state index in [1.165, 1.54) is 0 Å². The van der Waals surface area contributed by atoms with Crippen molar-refractivity contribution in [3.63, 3.8) is 0 Å². The van der Waals surface area contributed by atoms with Gasteiger partial charge in [0.15, 0.2) is 0 Å². The molecule has 0 saturated carbocycles. The number of hydrogen-bond donors (Lipinski definition) is 2. The van der Waals surface area contributed by atoms with Crippen LogP contribution < -0.4 is 4.65 Å². The monoisotopic (exact) mass is 154 g/mol. The highest BCUT2D eigenvalue weighted by molar-refractivity contribution is 6.35. The normalized spacial score (nSPS) is 9.27. The molecular formula is C6H7BO4. The van der Waals surface area contributed by atoms with Crippen molar-refractivity contribution < 1.29 is 19.7 Å². The van der Waals surface area contributed by atoms with Gasteiger partial charge in [-0.25, -0.2) is 4.81 Å². The van der Waals surface area contributed by atoms with E-state index in [1.807, 2.05) is 0 Å². The Hall–Kier alpha value is -1.04. The summed E-state index contributed by atoms with van der Waals surface area (Å²) >= 11 is 0. The Morgan fingerprint density at radius 2 is 1.82 bits per heavy atom. The van der Waals surface area contributed by atoms with Crippen molar-refractivity contribution >= 4 is 7.32 Å². The zero-order valence-corrected chi connectivity index (χ0v) is 5.68. The molecule has 2 N–H and O–H groups in total. The van der Waals surface area contributed by atoms with Crippen molar-refractivity contribution in [2.75, 3.05) is 0 Å². The lowest BCUT2D eigenvalue weighted by molar-refractivity contribution is -0.171. The molecule has 0 fully saturated rings. The first-order valence-electron chi connectivity index (χ1n) is 3.03. The van der Waals surface area contributed by atoms with Crippen molar-refractivity contribution in [1.29, 1.82) is 0 Å². The fourth-order valence-corrected chi connectivity index (χ4v) is 0.637. The van der Waals surface area contributed by atoms with E-state index in [0.29, 0.717) is 5.75 Å². The van der Waals surface area contributed by atoms with Gasteiger partial charge in [-0.2, -0.15) is 0 Å². The third kappa shape index (κ3) is 2.59. The van der Waals surface area contributed by atoms with Crippen LogP contribution in [0.4, 0.5) is 0 Å². The average molecular weight is 154 g/mol. The van der Waals surface area contributed by atoms with Crippen LogP contribution in [-0.2, 0) is 4.81 Å². The van der Waals surface area contributed by atoms with E-state index in [4.69, 9.17) is 10.3 Å². The zero-order valence-electron chi connectivity index (χ0n) is 5.68. The topological polar surface area (TPSA) is 58.9 Å². The molecule has 0 aliphatic heterocycles. The summed E-state index contributed by atoms with van der Waals surface area (Å²) in [6.07, 6.45) is 0. The van der Waals surface area contributed by atoms with Crippen molar-refractivity contribution in [3.05, 3.63) is 30.3 Å². The van der Waals surface area contributed by atoms with Crippen LogP contribution in [0.1, 0.15) is 0 Å². The summed E-state index contributed by atoms with van der Waals surface area (Å²) in [5.74, 6) is 0.425. The quantitative estimate of drug-likeness (QED) is 0.378. The minimum atomic E-state index is -1.63. The van der Waals surface area contributed by atoms with Gasteiger partial charge in [0.25, 0.3) is 0 Å². The molecule has 0 radical (unpaired) electrons. The molecule has 0 bridgehead atoms. The van der Waals surface area contributed by atoms with Gasteiger partial charge >= 0.3 is 7.32 Å². The molecule has 4 nitrogen and oxygen atoms in total. The number of hydrogen-bond acceptors (Lipinski definition) is 4. The average Bonchev–Trinajstić information content (AvgIpc) is 2.06. The fourth-order valence-electron chi connectivity index (χ4n) is 0.637. The molecule has 0 unspecified atom stereocenters. The first-order chi connectivity index (χ1) is 5.33. The van der Waals surface area contributed by atoms with Crippen molar-refractivity contribution in [1.82, 2.24) is 0 Å². The van der Waals surface area contributed by atoms with E-state index < -0.39 is 7.32 Å². The molecule has 0 amide bonds. The van der Waals surface area contributed by atoms with Crippen LogP contribution in [0.15, 0.2) is 30.3 Å². The molecule has 11 heavy (non-hydrogen) atoms. The number of rotatable bonds is 3. The second-order valence-electron chi connectivity index (χ2n) is 1.84. The summed E-state index contributed by atoms with van der Waals surface area (Å²) in [6.45, 7) is 0. The van der Waals surface area contributed by atoms with Crippen LogP contribution in [0.3, 0.4) is 0 Å². The molecule has 1 rings (SSSR count). The minimum absolute atomic E-state index is 0.425. The Morgan fingerprint density at radius 1 is 1.18 bits per heavy atom. The van der Waals surface area contributed by atoms with Crippen LogP contribution in [0, 0.1) is 0 Å². The first-order valence-corrected chi connectivity index (χ1v) is 3.03. The third-order valence-electron chi connectivity index (χ3n) is 1.07. The van der Waals surface area contributed by atoms with Gasteiger partial charge in [0.05, 0.1) is 0 Å². The highest BCUT2D eigenvalue weighted by atomic mass is 17.1. The third-order valence-corrected chi connectivity index (χ3v) is 1.07. The molecule has 0 heterocycles. The lowest BCUT2D eigenvalue weighted by atomic mass is 10.2. The lowest BCUT2D eigenvalue weighted by Crippen LogP contribution is -2.24. The molecular weight excluding hydrogens is 147 g/mol. The maximum absolute atomic E-state index is 8.62. The smallest absolute Gasteiger partial charge is 0.511 e. The predicted molar refractivity (Wildman–Crippen MR) is 38.8 cm³/mol. The lowest BCUT2D eigenvalue weighted by Gasteiger charge is -2.04. The van der Waals surface area contributed by atoms with Crippen LogP contribution in [0.2, 0.25) is 0 Å². The maximum atomic E-state index is 8.62. The van der Waals surface area contributed by atoms with Crippen LogP contribution >= 0.6 is 0 Å². The molecule has 0 saturated heterocycles. The summed E-state index contributed by atoms with van der Waals surface area (Å²) in [6, 6.07) is 8.53. The predicted octanol–water partition coefficient (Wildman–Crippen LogP) is 0.532. The summed E-state index contributed by atoms with van der Waals surface area (Å²) < 4.78 is 4.65. The second kappa shape index (κ2) is 3.97. The molecule has 1 aromatic rings. The van der Waals surface area contributed by atoms with E-state index in [1.54, 1.807) is 30.3 Å². The summed E-state index contributed by atoms with van der Waals surface area (Å²) in [5, 5.41) is 16.5. The van der Waals surface area contributed by atoms with E-state index >= 15 is 0 Å². The summed E-state index contributed by atoms with van der Waals surface area (Å²) in [5.41, 5.74) is 0. The van der Waals surface area contributed by atoms with Gasteiger partial charge in [-0.15, -0.1) is 0 Å². The van der Waals surface area contributed by atoms with Crippen molar-refractivity contribution in [2.24, 2.45) is 0 Å². The van der Waals surface area contributed by atoms with Crippen molar-refractivity contribution in [2.45, 2.75) is 0 Å². The van der Waals surface area contributed by atoms with Gasteiger partial charge < -0.3 is 9.68 Å². The summed E-state index contributed by atoms with van der Waals surface area (Å²) in [4.78, 5) is 3.49. The molecule has 0 spiro atoms. The second-order valence-corrected chi connectivity index (χ2v) is 1.84. The van der Waals surface area contributed by atoms with Gasteiger partial charge in [0.2, 0.25) is 0 Å². The van der Waals surface area contributed by atoms with E-state index in [0.717, 1.165) is 0 Å². The Balaban J connectivity index is 2.51. The van der Waals surface area contributed by atoms with Gasteiger partial charge in [-0.05, 0) is 12.1 Å². The Kier molecular flexibility index (Phi) is 2.91. The Labute approximate surface area is 64.1 Å². The van der Waals surface area contributed by atoms with E-state index in [-0.39, 0.29) is 0 Å². The zero-order chi connectivity index (χ0) is 8.10. The molecule has 0 aliphatic rings. The SMILES string of the molecule is OOB(O)Oc1ccccc1. The van der Waals surface area contributed by atoms with Gasteiger partial charge in [0.1, 0.15) is 5.75 Å². The molecule has 5 heteroatoms. The van der Waals surface area contributed by atoms with Crippen molar-refractivity contribution in [3.8, 4) is 5.75 Å². The number of benzene rings is 1. The highest BCUT2D eigenvalue weighted by Gasteiger charge is 2.17. The maximum Gasteiger partial charge on any atom is 0.738 e. The van der Waals surface area contributed by atoms with Crippen LogP contribution in [-0.4, -0.2) is 17.6 Å². The minimum Gasteiger partial charge on any atom is -0.511 e. The van der Waals surface area contributed by atoms with Crippen LogP contribution in [0.5, 0.6) is 5.75 Å². The number of para-hydroxylation sites is 1. The Morgan fingerprint density at radius 3 is 2.36 bits per heavy atom. The largest absolute Gasteiger partial charge is 0.738 e.